The van der Waals surface area contributed by atoms with Crippen LogP contribution in [-0.2, 0) is 13.0 Å². The van der Waals surface area contributed by atoms with E-state index in [1.54, 1.807) is 4.68 Å². The summed E-state index contributed by atoms with van der Waals surface area (Å²) in [5.41, 5.74) is 3.66. The van der Waals surface area contributed by atoms with E-state index in [2.05, 4.69) is 5.10 Å². The van der Waals surface area contributed by atoms with Crippen molar-refractivity contribution in [3.63, 3.8) is 0 Å². The molecule has 0 spiro atoms. The number of hydrogen-bond acceptors (Lipinski definition) is 2. The molecule has 0 amide bonds. The Bertz CT molecular complexity index is 517. The maximum atomic E-state index is 9.30. The molecule has 0 aliphatic heterocycles. The lowest BCUT2D eigenvalue weighted by atomic mass is 10.2. The fourth-order valence-corrected chi connectivity index (χ4v) is 2.07. The van der Waals surface area contributed by atoms with Crippen LogP contribution in [0.5, 0.6) is 0 Å². The predicted molar refractivity (Wildman–Crippen MR) is 68.6 cm³/mol. The fourth-order valence-electron chi connectivity index (χ4n) is 1.77. The highest BCUT2D eigenvalue weighted by Gasteiger charge is 2.15. The second-order valence-corrected chi connectivity index (χ2v) is 4.33. The highest BCUT2D eigenvalue weighted by atomic mass is 35.5. The first-order valence-electron chi connectivity index (χ1n) is 5.61. The summed E-state index contributed by atoms with van der Waals surface area (Å²) in [7, 11) is 0. The second-order valence-electron chi connectivity index (χ2n) is 3.98. The van der Waals surface area contributed by atoms with Gasteiger partial charge in [0.2, 0.25) is 0 Å². The second kappa shape index (κ2) is 4.90. The summed E-state index contributed by atoms with van der Waals surface area (Å²) in [6.45, 7) is 3.95. The number of halogens is 1. The van der Waals surface area contributed by atoms with Gasteiger partial charge < -0.3 is 5.11 Å². The van der Waals surface area contributed by atoms with Gasteiger partial charge in [0.25, 0.3) is 0 Å². The lowest BCUT2D eigenvalue weighted by molar-refractivity contribution is 0.281. The Hall–Kier alpha value is -1.32. The molecule has 0 saturated heterocycles. The molecule has 0 unspecified atom stereocenters. The van der Waals surface area contributed by atoms with Gasteiger partial charge in [-0.3, -0.25) is 0 Å². The zero-order valence-electron chi connectivity index (χ0n) is 9.94. The summed E-state index contributed by atoms with van der Waals surface area (Å²) in [4.78, 5) is 0. The van der Waals surface area contributed by atoms with E-state index >= 15 is 0 Å². The van der Waals surface area contributed by atoms with E-state index in [1.165, 1.54) is 5.56 Å². The Morgan fingerprint density at radius 2 is 1.94 bits per heavy atom. The first kappa shape index (κ1) is 12.1. The van der Waals surface area contributed by atoms with Gasteiger partial charge in [-0.05, 0) is 25.5 Å². The van der Waals surface area contributed by atoms with Crippen molar-refractivity contribution in [1.82, 2.24) is 9.78 Å². The number of hydrogen-bond donors (Lipinski definition) is 1. The molecule has 1 heterocycles. The average molecular weight is 251 g/mol. The zero-order chi connectivity index (χ0) is 12.4. The first-order chi connectivity index (χ1) is 8.17. The van der Waals surface area contributed by atoms with Crippen LogP contribution in [-0.4, -0.2) is 14.9 Å². The van der Waals surface area contributed by atoms with Gasteiger partial charge in [-0.1, -0.05) is 36.2 Å². The normalized spacial score (nSPS) is 10.8. The van der Waals surface area contributed by atoms with Gasteiger partial charge in [0.1, 0.15) is 5.15 Å². The van der Waals surface area contributed by atoms with Crippen LogP contribution in [0, 0.1) is 6.92 Å². The molecule has 17 heavy (non-hydrogen) atoms. The SMILES string of the molecule is CCc1nn(-c2ccc(C)cc2)c(Cl)c1CO. The Labute approximate surface area is 106 Å². The summed E-state index contributed by atoms with van der Waals surface area (Å²) in [5, 5.41) is 14.2. The molecule has 0 aliphatic carbocycles. The van der Waals surface area contributed by atoms with Crippen LogP contribution in [0.4, 0.5) is 0 Å². The van der Waals surface area contributed by atoms with Gasteiger partial charge in [0.15, 0.2) is 0 Å². The summed E-state index contributed by atoms with van der Waals surface area (Å²) >= 11 is 6.22. The molecule has 2 aromatic rings. The number of rotatable bonds is 3. The van der Waals surface area contributed by atoms with E-state index in [1.807, 2.05) is 38.1 Å². The molecule has 1 N–H and O–H groups in total. The minimum atomic E-state index is -0.0755. The van der Waals surface area contributed by atoms with Crippen LogP contribution in [0.15, 0.2) is 24.3 Å². The van der Waals surface area contributed by atoms with E-state index in [0.717, 1.165) is 23.4 Å². The third-order valence-electron chi connectivity index (χ3n) is 2.78. The molecule has 0 aliphatic rings. The maximum absolute atomic E-state index is 9.30. The molecule has 0 fully saturated rings. The Kier molecular flexibility index (Phi) is 3.50. The van der Waals surface area contributed by atoms with E-state index < -0.39 is 0 Å². The van der Waals surface area contributed by atoms with Crippen molar-refractivity contribution in [3.8, 4) is 5.69 Å². The smallest absolute Gasteiger partial charge is 0.138 e. The number of benzene rings is 1. The van der Waals surface area contributed by atoms with Gasteiger partial charge in [-0.15, -0.1) is 0 Å². The molecular formula is C13H15ClN2O. The van der Waals surface area contributed by atoms with Crippen LogP contribution in [0.1, 0.15) is 23.7 Å². The molecule has 90 valence electrons. The molecule has 0 atom stereocenters. The van der Waals surface area contributed by atoms with Crippen molar-refractivity contribution in [2.24, 2.45) is 0 Å². The van der Waals surface area contributed by atoms with Crippen LogP contribution in [0.3, 0.4) is 0 Å². The van der Waals surface area contributed by atoms with Crippen molar-refractivity contribution in [2.45, 2.75) is 26.9 Å². The number of aliphatic hydroxyl groups excluding tert-OH is 1. The minimum Gasteiger partial charge on any atom is -0.391 e. The molecule has 0 bridgehead atoms. The molecule has 4 heteroatoms. The van der Waals surface area contributed by atoms with Crippen molar-refractivity contribution in [3.05, 3.63) is 46.2 Å². The highest BCUT2D eigenvalue weighted by molar-refractivity contribution is 6.30. The van der Waals surface area contributed by atoms with Crippen molar-refractivity contribution in [1.29, 1.82) is 0 Å². The number of aromatic nitrogens is 2. The van der Waals surface area contributed by atoms with E-state index in [0.29, 0.717) is 5.15 Å². The van der Waals surface area contributed by atoms with Crippen molar-refractivity contribution < 1.29 is 5.11 Å². The molecule has 1 aromatic carbocycles. The third-order valence-corrected chi connectivity index (χ3v) is 3.16. The summed E-state index contributed by atoms with van der Waals surface area (Å²) < 4.78 is 1.67. The monoisotopic (exact) mass is 250 g/mol. The van der Waals surface area contributed by atoms with Gasteiger partial charge >= 0.3 is 0 Å². The van der Waals surface area contributed by atoms with E-state index in [-0.39, 0.29) is 6.61 Å². The van der Waals surface area contributed by atoms with Crippen LogP contribution in [0.25, 0.3) is 5.69 Å². The molecule has 0 radical (unpaired) electrons. The van der Waals surface area contributed by atoms with Gasteiger partial charge in [-0.2, -0.15) is 5.10 Å². The Morgan fingerprint density at radius 1 is 1.29 bits per heavy atom. The largest absolute Gasteiger partial charge is 0.391 e. The maximum Gasteiger partial charge on any atom is 0.138 e. The summed E-state index contributed by atoms with van der Waals surface area (Å²) in [6.07, 6.45) is 0.758. The van der Waals surface area contributed by atoms with Gasteiger partial charge in [0.05, 0.1) is 18.0 Å². The third kappa shape index (κ3) is 2.21. The standard InChI is InChI=1S/C13H15ClN2O/c1-3-12-11(8-17)13(14)16(15-12)10-6-4-9(2)5-7-10/h4-7,17H,3,8H2,1-2H3. The lowest BCUT2D eigenvalue weighted by Crippen LogP contribution is -1.97. The van der Waals surface area contributed by atoms with Gasteiger partial charge in [-0.25, -0.2) is 4.68 Å². The first-order valence-corrected chi connectivity index (χ1v) is 5.99. The molecule has 1 aromatic heterocycles. The van der Waals surface area contributed by atoms with Gasteiger partial charge in [0, 0.05) is 5.56 Å². The van der Waals surface area contributed by atoms with Crippen LogP contribution >= 0.6 is 11.6 Å². The predicted octanol–water partition coefficient (Wildman–Crippen LogP) is 2.89. The van der Waals surface area contributed by atoms with Crippen molar-refractivity contribution in [2.75, 3.05) is 0 Å². The van der Waals surface area contributed by atoms with E-state index in [4.69, 9.17) is 11.6 Å². The van der Waals surface area contributed by atoms with Crippen LogP contribution in [0.2, 0.25) is 5.15 Å². The number of nitrogens with zero attached hydrogens (tertiary/aromatic N) is 2. The molecular weight excluding hydrogens is 236 g/mol. The quantitative estimate of drug-likeness (QED) is 0.910. The highest BCUT2D eigenvalue weighted by Crippen LogP contribution is 2.24. The fraction of sp³-hybridized carbons (Fsp3) is 0.308. The van der Waals surface area contributed by atoms with E-state index in [9.17, 15) is 5.11 Å². The van der Waals surface area contributed by atoms with Crippen LogP contribution < -0.4 is 0 Å². The molecule has 3 nitrogen and oxygen atoms in total. The molecule has 0 saturated carbocycles. The lowest BCUT2D eigenvalue weighted by Gasteiger charge is -2.03. The minimum absolute atomic E-state index is 0.0755. The summed E-state index contributed by atoms with van der Waals surface area (Å²) in [6, 6.07) is 7.96. The Balaban J connectivity index is 2.52. The van der Waals surface area contributed by atoms with Crippen molar-refractivity contribution >= 4 is 11.6 Å². The topological polar surface area (TPSA) is 38.0 Å². The Morgan fingerprint density at radius 3 is 2.41 bits per heavy atom. The molecule has 2 rings (SSSR count). The number of aliphatic hydroxyl groups is 1. The summed E-state index contributed by atoms with van der Waals surface area (Å²) in [5.74, 6) is 0. The number of aryl methyl sites for hydroxylation is 2. The average Bonchev–Trinajstić information content (AvgIpc) is 2.66. The zero-order valence-corrected chi connectivity index (χ0v) is 10.7.